The van der Waals surface area contributed by atoms with Gasteiger partial charge in [-0.05, 0) is 35.6 Å². The van der Waals surface area contributed by atoms with Crippen molar-refractivity contribution in [1.82, 2.24) is 14.8 Å². The van der Waals surface area contributed by atoms with Crippen molar-refractivity contribution < 1.29 is 9.53 Å². The minimum Gasteiger partial charge on any atom is -0.493 e. The van der Waals surface area contributed by atoms with Crippen LogP contribution in [0.1, 0.15) is 18.4 Å². The number of nitrogens with one attached hydrogen (secondary N) is 1. The molecule has 6 heteroatoms. The van der Waals surface area contributed by atoms with Gasteiger partial charge in [0.25, 0.3) is 0 Å². The number of carbonyl (C=O) groups is 1. The molecule has 0 unspecified atom stereocenters. The average molecular weight is 386 g/mol. The Hall–Kier alpha value is -3.67. The van der Waals surface area contributed by atoms with Crippen LogP contribution < -0.4 is 10.1 Å². The molecular formula is C23H22N4O2. The summed E-state index contributed by atoms with van der Waals surface area (Å²) in [7, 11) is 0. The molecule has 4 aromatic rings. The lowest BCUT2D eigenvalue weighted by Gasteiger charge is -2.10. The molecule has 4 rings (SSSR count). The maximum atomic E-state index is 12.3. The highest BCUT2D eigenvalue weighted by molar-refractivity contribution is 5.90. The summed E-state index contributed by atoms with van der Waals surface area (Å²) in [5.74, 6) is 0.828. The van der Waals surface area contributed by atoms with Crippen LogP contribution in [0.25, 0.3) is 10.8 Å². The molecule has 29 heavy (non-hydrogen) atoms. The molecule has 0 bridgehead atoms. The number of aromatic nitrogens is 3. The Kier molecular flexibility index (Phi) is 5.81. The molecule has 0 saturated carbocycles. The molecule has 0 aliphatic heterocycles. The summed E-state index contributed by atoms with van der Waals surface area (Å²) < 4.78 is 7.64. The third-order valence-corrected chi connectivity index (χ3v) is 4.58. The van der Waals surface area contributed by atoms with Gasteiger partial charge in [0.2, 0.25) is 5.91 Å². The minimum absolute atomic E-state index is 0.0237. The lowest BCUT2D eigenvalue weighted by Crippen LogP contribution is -2.13. The second-order valence-corrected chi connectivity index (χ2v) is 6.77. The van der Waals surface area contributed by atoms with Crippen molar-refractivity contribution in [3.8, 4) is 5.75 Å². The molecule has 146 valence electrons. The van der Waals surface area contributed by atoms with E-state index in [1.807, 2.05) is 54.6 Å². The van der Waals surface area contributed by atoms with Gasteiger partial charge in [-0.25, -0.2) is 9.67 Å². The van der Waals surface area contributed by atoms with Gasteiger partial charge in [-0.15, -0.1) is 0 Å². The van der Waals surface area contributed by atoms with E-state index in [2.05, 4.69) is 27.5 Å². The number of carbonyl (C=O) groups excluding carboxylic acids is 1. The summed E-state index contributed by atoms with van der Waals surface area (Å²) in [6, 6.07) is 21.9. The van der Waals surface area contributed by atoms with E-state index in [9.17, 15) is 4.79 Å². The van der Waals surface area contributed by atoms with Gasteiger partial charge in [0.05, 0.1) is 13.2 Å². The lowest BCUT2D eigenvalue weighted by atomic mass is 10.1. The Morgan fingerprint density at radius 3 is 2.79 bits per heavy atom. The Balaban J connectivity index is 1.26. The van der Waals surface area contributed by atoms with Crippen LogP contribution in [0.4, 0.5) is 5.69 Å². The van der Waals surface area contributed by atoms with Crippen molar-refractivity contribution in [3.63, 3.8) is 0 Å². The first-order chi connectivity index (χ1) is 14.3. The second kappa shape index (κ2) is 9.01. The van der Waals surface area contributed by atoms with Gasteiger partial charge in [-0.1, -0.05) is 48.5 Å². The van der Waals surface area contributed by atoms with E-state index in [1.165, 1.54) is 6.33 Å². The largest absolute Gasteiger partial charge is 0.493 e. The molecule has 1 heterocycles. The third kappa shape index (κ3) is 4.99. The van der Waals surface area contributed by atoms with Crippen LogP contribution in [0.3, 0.4) is 0 Å². The number of ether oxygens (including phenoxy) is 1. The molecule has 1 aromatic heterocycles. The van der Waals surface area contributed by atoms with Crippen molar-refractivity contribution in [2.24, 2.45) is 0 Å². The van der Waals surface area contributed by atoms with Gasteiger partial charge in [0.15, 0.2) is 0 Å². The first-order valence-corrected chi connectivity index (χ1v) is 9.60. The van der Waals surface area contributed by atoms with E-state index in [-0.39, 0.29) is 5.91 Å². The minimum atomic E-state index is -0.0237. The molecule has 1 amide bonds. The Labute approximate surface area is 169 Å². The zero-order chi connectivity index (χ0) is 19.9. The fourth-order valence-electron chi connectivity index (χ4n) is 3.21. The van der Waals surface area contributed by atoms with Crippen LogP contribution in [0.15, 0.2) is 79.4 Å². The number of fused-ring (bicyclic) bond motifs is 1. The van der Waals surface area contributed by atoms with Gasteiger partial charge in [-0.3, -0.25) is 4.79 Å². The highest BCUT2D eigenvalue weighted by Crippen LogP contribution is 2.25. The van der Waals surface area contributed by atoms with Crippen molar-refractivity contribution >= 4 is 22.4 Å². The van der Waals surface area contributed by atoms with Crippen LogP contribution in [0, 0.1) is 0 Å². The number of anilines is 1. The average Bonchev–Trinajstić information content (AvgIpc) is 3.24. The fourth-order valence-corrected chi connectivity index (χ4v) is 3.21. The van der Waals surface area contributed by atoms with Crippen molar-refractivity contribution in [2.45, 2.75) is 19.4 Å². The first-order valence-electron chi connectivity index (χ1n) is 9.60. The van der Waals surface area contributed by atoms with Gasteiger partial charge < -0.3 is 10.1 Å². The molecule has 0 aliphatic rings. The Morgan fingerprint density at radius 2 is 1.90 bits per heavy atom. The topological polar surface area (TPSA) is 69.0 Å². The van der Waals surface area contributed by atoms with Crippen LogP contribution >= 0.6 is 0 Å². The summed E-state index contributed by atoms with van der Waals surface area (Å²) in [6.45, 7) is 1.11. The number of amides is 1. The smallest absolute Gasteiger partial charge is 0.224 e. The van der Waals surface area contributed by atoms with E-state index >= 15 is 0 Å². The molecule has 0 radical (unpaired) electrons. The molecule has 0 aliphatic carbocycles. The zero-order valence-electron chi connectivity index (χ0n) is 16.0. The van der Waals surface area contributed by atoms with Crippen LogP contribution in [0.5, 0.6) is 5.75 Å². The van der Waals surface area contributed by atoms with E-state index in [0.717, 1.165) is 27.8 Å². The highest BCUT2D eigenvalue weighted by Gasteiger charge is 2.05. The summed E-state index contributed by atoms with van der Waals surface area (Å²) >= 11 is 0. The first kappa shape index (κ1) is 18.7. The van der Waals surface area contributed by atoms with Crippen LogP contribution in [-0.2, 0) is 11.3 Å². The van der Waals surface area contributed by atoms with Crippen molar-refractivity contribution in [3.05, 3.63) is 84.9 Å². The van der Waals surface area contributed by atoms with Crippen LogP contribution in [-0.4, -0.2) is 27.3 Å². The fraction of sp³-hybridized carbons (Fsp3) is 0.174. The SMILES string of the molecule is O=C(CCCOc1cccc2ccccc12)Nc1cccc(Cn2cncn2)c1. The quantitative estimate of drug-likeness (QED) is 0.459. The zero-order valence-corrected chi connectivity index (χ0v) is 16.0. The number of hydrogen-bond acceptors (Lipinski definition) is 4. The predicted molar refractivity (Wildman–Crippen MR) is 113 cm³/mol. The third-order valence-electron chi connectivity index (χ3n) is 4.58. The summed E-state index contributed by atoms with van der Waals surface area (Å²) in [5, 5.41) is 9.28. The molecule has 0 saturated heterocycles. The van der Waals surface area contributed by atoms with Gasteiger partial charge >= 0.3 is 0 Å². The van der Waals surface area contributed by atoms with E-state index in [4.69, 9.17) is 4.74 Å². The van der Waals surface area contributed by atoms with Gasteiger partial charge in [0, 0.05) is 17.5 Å². The van der Waals surface area contributed by atoms with Gasteiger partial charge in [0.1, 0.15) is 18.4 Å². The summed E-state index contributed by atoms with van der Waals surface area (Å²) in [5.41, 5.74) is 1.83. The molecule has 1 N–H and O–H groups in total. The van der Waals surface area contributed by atoms with Crippen molar-refractivity contribution in [1.29, 1.82) is 0 Å². The lowest BCUT2D eigenvalue weighted by molar-refractivity contribution is -0.116. The number of hydrogen-bond donors (Lipinski definition) is 1. The normalized spacial score (nSPS) is 10.8. The molecular weight excluding hydrogens is 364 g/mol. The monoisotopic (exact) mass is 386 g/mol. The number of benzene rings is 3. The standard InChI is InChI=1S/C23H22N4O2/c28-23(26-20-9-3-6-18(14-20)15-27-17-24-16-25-27)12-5-13-29-22-11-4-8-19-7-1-2-10-21(19)22/h1-4,6-11,14,16-17H,5,12-13,15H2,(H,26,28). The van der Waals surface area contributed by atoms with E-state index in [0.29, 0.717) is 26.0 Å². The highest BCUT2D eigenvalue weighted by atomic mass is 16.5. The predicted octanol–water partition coefficient (Wildman–Crippen LogP) is 4.28. The summed E-state index contributed by atoms with van der Waals surface area (Å²) in [6.07, 6.45) is 4.22. The molecule has 3 aromatic carbocycles. The molecule has 0 spiro atoms. The molecule has 6 nitrogen and oxygen atoms in total. The van der Waals surface area contributed by atoms with Crippen molar-refractivity contribution in [2.75, 3.05) is 11.9 Å². The Morgan fingerprint density at radius 1 is 1.03 bits per heavy atom. The second-order valence-electron chi connectivity index (χ2n) is 6.77. The van der Waals surface area contributed by atoms with E-state index < -0.39 is 0 Å². The van der Waals surface area contributed by atoms with Crippen LogP contribution in [0.2, 0.25) is 0 Å². The van der Waals surface area contributed by atoms with E-state index in [1.54, 1.807) is 11.0 Å². The maximum Gasteiger partial charge on any atom is 0.224 e. The van der Waals surface area contributed by atoms with Gasteiger partial charge in [-0.2, -0.15) is 5.10 Å². The molecule has 0 fully saturated rings. The summed E-state index contributed by atoms with van der Waals surface area (Å²) in [4.78, 5) is 16.2. The Bertz CT molecular complexity index is 1090. The number of nitrogens with zero attached hydrogens (tertiary/aromatic N) is 3. The number of rotatable bonds is 8. The molecule has 0 atom stereocenters. The maximum absolute atomic E-state index is 12.3.